The first kappa shape index (κ1) is 14.9. The number of aromatic nitrogens is 1. The van der Waals surface area contributed by atoms with Crippen molar-refractivity contribution in [3.8, 4) is 0 Å². The molecular formula is C15H17FN4O. The molecule has 0 aliphatic carbocycles. The molecule has 0 aliphatic rings. The summed E-state index contributed by atoms with van der Waals surface area (Å²) < 4.78 is 13.0. The summed E-state index contributed by atoms with van der Waals surface area (Å²) in [6, 6.07) is 6.23. The number of nitrogen functional groups attached to an aromatic ring is 1. The maximum Gasteiger partial charge on any atom is 0.253 e. The third kappa shape index (κ3) is 3.76. The van der Waals surface area contributed by atoms with Gasteiger partial charge in [0.2, 0.25) is 0 Å². The van der Waals surface area contributed by atoms with Crippen LogP contribution in [0.2, 0.25) is 0 Å². The first-order valence-corrected chi connectivity index (χ1v) is 6.55. The standard InChI is InChI=1S/C15H17FN4O/c1-10-8-12(16)3-2-11(10)4-7-19-15(21)13-5-6-18-9-14(13)20-17/h2-3,5-6,8-9,20H,4,7,17H2,1H3,(H,19,21). The van der Waals surface area contributed by atoms with Crippen LogP contribution in [0, 0.1) is 12.7 Å². The largest absolute Gasteiger partial charge is 0.352 e. The quantitative estimate of drug-likeness (QED) is 0.579. The molecule has 2 rings (SSSR count). The van der Waals surface area contributed by atoms with Gasteiger partial charge in [-0.15, -0.1) is 0 Å². The molecule has 1 aromatic heterocycles. The predicted molar refractivity (Wildman–Crippen MR) is 79.2 cm³/mol. The number of hydrogen-bond donors (Lipinski definition) is 3. The van der Waals surface area contributed by atoms with E-state index in [1.165, 1.54) is 24.5 Å². The summed E-state index contributed by atoms with van der Waals surface area (Å²) >= 11 is 0. The van der Waals surface area contributed by atoms with Gasteiger partial charge in [0.15, 0.2) is 0 Å². The van der Waals surface area contributed by atoms with E-state index in [1.54, 1.807) is 12.1 Å². The zero-order valence-electron chi connectivity index (χ0n) is 11.7. The zero-order chi connectivity index (χ0) is 15.2. The molecule has 21 heavy (non-hydrogen) atoms. The monoisotopic (exact) mass is 288 g/mol. The third-order valence-electron chi connectivity index (χ3n) is 3.21. The number of rotatable bonds is 5. The second-order valence-electron chi connectivity index (χ2n) is 4.64. The van der Waals surface area contributed by atoms with Gasteiger partial charge in [-0.05, 0) is 42.7 Å². The van der Waals surface area contributed by atoms with E-state index >= 15 is 0 Å². The highest BCUT2D eigenvalue weighted by Gasteiger charge is 2.10. The van der Waals surface area contributed by atoms with Gasteiger partial charge in [0, 0.05) is 12.7 Å². The van der Waals surface area contributed by atoms with Crippen molar-refractivity contribution in [1.29, 1.82) is 0 Å². The number of anilines is 1. The second-order valence-corrected chi connectivity index (χ2v) is 4.64. The second kappa shape index (κ2) is 6.81. The Kier molecular flexibility index (Phi) is 4.84. The molecule has 110 valence electrons. The Morgan fingerprint density at radius 1 is 1.38 bits per heavy atom. The molecule has 1 amide bonds. The molecule has 2 aromatic rings. The number of nitrogens with two attached hydrogens (primary N) is 1. The number of carbonyl (C=O) groups excluding carboxylic acids is 1. The molecule has 0 aliphatic heterocycles. The lowest BCUT2D eigenvalue weighted by molar-refractivity contribution is 0.0955. The maximum absolute atomic E-state index is 13.0. The van der Waals surface area contributed by atoms with Crippen molar-refractivity contribution in [3.63, 3.8) is 0 Å². The summed E-state index contributed by atoms with van der Waals surface area (Å²) in [6.45, 7) is 2.30. The summed E-state index contributed by atoms with van der Waals surface area (Å²) in [5.41, 5.74) is 5.21. The van der Waals surface area contributed by atoms with Crippen LogP contribution in [-0.4, -0.2) is 17.4 Å². The third-order valence-corrected chi connectivity index (χ3v) is 3.21. The fraction of sp³-hybridized carbons (Fsp3) is 0.200. The summed E-state index contributed by atoms with van der Waals surface area (Å²) in [6.07, 6.45) is 3.65. The Hall–Kier alpha value is -2.47. The molecule has 0 saturated heterocycles. The van der Waals surface area contributed by atoms with Crippen molar-refractivity contribution in [2.45, 2.75) is 13.3 Å². The van der Waals surface area contributed by atoms with Gasteiger partial charge < -0.3 is 10.7 Å². The smallest absolute Gasteiger partial charge is 0.253 e. The fourth-order valence-corrected chi connectivity index (χ4v) is 2.05. The Balaban J connectivity index is 1.95. The molecule has 0 unspecified atom stereocenters. The average molecular weight is 288 g/mol. The van der Waals surface area contributed by atoms with Crippen LogP contribution in [0.25, 0.3) is 0 Å². The molecule has 0 saturated carbocycles. The highest BCUT2D eigenvalue weighted by Crippen LogP contribution is 2.12. The van der Waals surface area contributed by atoms with E-state index < -0.39 is 0 Å². The van der Waals surface area contributed by atoms with E-state index in [4.69, 9.17) is 5.84 Å². The molecule has 0 radical (unpaired) electrons. The zero-order valence-corrected chi connectivity index (χ0v) is 11.7. The van der Waals surface area contributed by atoms with Crippen molar-refractivity contribution >= 4 is 11.6 Å². The molecule has 0 atom stereocenters. The number of pyridine rings is 1. The Bertz CT molecular complexity index is 645. The first-order chi connectivity index (χ1) is 10.1. The van der Waals surface area contributed by atoms with Gasteiger partial charge in [-0.1, -0.05) is 6.07 Å². The minimum absolute atomic E-state index is 0.231. The van der Waals surface area contributed by atoms with Crippen molar-refractivity contribution in [3.05, 3.63) is 59.2 Å². The predicted octanol–water partition coefficient (Wildman–Crippen LogP) is 1.79. The van der Waals surface area contributed by atoms with Gasteiger partial charge in [-0.3, -0.25) is 15.6 Å². The van der Waals surface area contributed by atoms with Crippen LogP contribution in [0.4, 0.5) is 10.1 Å². The molecule has 1 aromatic carbocycles. The molecule has 0 spiro atoms. The van der Waals surface area contributed by atoms with Crippen LogP contribution in [0.3, 0.4) is 0 Å². The minimum atomic E-state index is -0.254. The minimum Gasteiger partial charge on any atom is -0.352 e. The Morgan fingerprint density at radius 3 is 2.90 bits per heavy atom. The van der Waals surface area contributed by atoms with Crippen LogP contribution < -0.4 is 16.6 Å². The summed E-state index contributed by atoms with van der Waals surface area (Å²) in [5, 5.41) is 2.81. The normalized spacial score (nSPS) is 10.2. The average Bonchev–Trinajstić information content (AvgIpc) is 2.49. The number of amides is 1. The van der Waals surface area contributed by atoms with Crippen LogP contribution in [0.1, 0.15) is 21.5 Å². The van der Waals surface area contributed by atoms with E-state index in [0.29, 0.717) is 24.2 Å². The SMILES string of the molecule is Cc1cc(F)ccc1CCNC(=O)c1ccncc1NN. The van der Waals surface area contributed by atoms with Crippen LogP contribution in [0.15, 0.2) is 36.7 Å². The molecule has 0 bridgehead atoms. The van der Waals surface area contributed by atoms with Gasteiger partial charge >= 0.3 is 0 Å². The summed E-state index contributed by atoms with van der Waals surface area (Å²) in [7, 11) is 0. The highest BCUT2D eigenvalue weighted by atomic mass is 19.1. The van der Waals surface area contributed by atoms with E-state index in [1.807, 2.05) is 6.92 Å². The lowest BCUT2D eigenvalue weighted by atomic mass is 10.1. The number of halogens is 1. The number of benzene rings is 1. The van der Waals surface area contributed by atoms with Gasteiger partial charge in [0.1, 0.15) is 5.82 Å². The highest BCUT2D eigenvalue weighted by molar-refractivity contribution is 5.99. The lowest BCUT2D eigenvalue weighted by Crippen LogP contribution is -2.27. The molecule has 1 heterocycles. The van der Waals surface area contributed by atoms with Gasteiger partial charge in [-0.25, -0.2) is 4.39 Å². The van der Waals surface area contributed by atoms with Crippen molar-refractivity contribution < 1.29 is 9.18 Å². The molecular weight excluding hydrogens is 271 g/mol. The fourth-order valence-electron chi connectivity index (χ4n) is 2.05. The molecule has 0 fully saturated rings. The number of hydrogen-bond acceptors (Lipinski definition) is 4. The lowest BCUT2D eigenvalue weighted by Gasteiger charge is -2.10. The topological polar surface area (TPSA) is 80.0 Å². The molecule has 5 nitrogen and oxygen atoms in total. The number of nitrogens with zero attached hydrogens (tertiary/aromatic N) is 1. The van der Waals surface area contributed by atoms with E-state index in [2.05, 4.69) is 15.7 Å². The number of nitrogens with one attached hydrogen (secondary N) is 2. The summed E-state index contributed by atoms with van der Waals surface area (Å²) in [4.78, 5) is 15.9. The maximum atomic E-state index is 13.0. The number of aryl methyl sites for hydroxylation is 1. The van der Waals surface area contributed by atoms with Crippen molar-refractivity contribution in [2.24, 2.45) is 5.84 Å². The Labute approximate surface area is 122 Å². The molecule has 6 heteroatoms. The van der Waals surface area contributed by atoms with Gasteiger partial charge in [0.05, 0.1) is 17.4 Å². The van der Waals surface area contributed by atoms with E-state index in [9.17, 15) is 9.18 Å². The summed E-state index contributed by atoms with van der Waals surface area (Å²) in [5.74, 6) is 4.85. The molecule has 4 N–H and O–H groups in total. The van der Waals surface area contributed by atoms with Crippen LogP contribution in [-0.2, 0) is 6.42 Å². The number of hydrazine groups is 1. The Morgan fingerprint density at radius 2 is 2.19 bits per heavy atom. The van der Waals surface area contributed by atoms with Crippen molar-refractivity contribution in [1.82, 2.24) is 10.3 Å². The van der Waals surface area contributed by atoms with E-state index in [0.717, 1.165) is 11.1 Å². The number of carbonyl (C=O) groups is 1. The van der Waals surface area contributed by atoms with Crippen LogP contribution in [0.5, 0.6) is 0 Å². The first-order valence-electron chi connectivity index (χ1n) is 6.55. The van der Waals surface area contributed by atoms with Gasteiger partial charge in [0.25, 0.3) is 5.91 Å². The van der Waals surface area contributed by atoms with Crippen molar-refractivity contribution in [2.75, 3.05) is 12.0 Å². The van der Waals surface area contributed by atoms with E-state index in [-0.39, 0.29) is 11.7 Å². The van der Waals surface area contributed by atoms with Crippen LogP contribution >= 0.6 is 0 Å². The van der Waals surface area contributed by atoms with Gasteiger partial charge in [-0.2, -0.15) is 0 Å².